The monoisotopic (exact) mass is 277 g/mol. The summed E-state index contributed by atoms with van der Waals surface area (Å²) in [4.78, 5) is 14.7. The number of rotatable bonds is 5. The van der Waals surface area contributed by atoms with Gasteiger partial charge in [0.05, 0.1) is 0 Å². The molecule has 0 spiro atoms. The molecule has 1 saturated carbocycles. The maximum absolute atomic E-state index is 12.6. The molecule has 1 aliphatic rings. The highest BCUT2D eigenvalue weighted by Gasteiger charge is 2.27. The Balaban J connectivity index is 1.94. The first-order valence-corrected chi connectivity index (χ1v) is 7.87. The number of hydrogen-bond acceptors (Lipinski definition) is 2. The summed E-state index contributed by atoms with van der Waals surface area (Å²) in [7, 11) is 1.93. The van der Waals surface area contributed by atoms with E-state index in [1.807, 2.05) is 17.8 Å². The number of hydrogen-bond donors (Lipinski definition) is 0. The van der Waals surface area contributed by atoms with Gasteiger partial charge in [-0.1, -0.05) is 19.3 Å². The second kappa shape index (κ2) is 6.91. The Morgan fingerprint density at radius 3 is 2.65 bits per heavy atom. The molecule has 1 amide bonds. The van der Waals surface area contributed by atoms with E-state index in [1.54, 1.807) is 6.20 Å². The van der Waals surface area contributed by atoms with E-state index in [0.717, 1.165) is 12.1 Å². The van der Waals surface area contributed by atoms with Crippen molar-refractivity contribution in [2.45, 2.75) is 70.9 Å². The standard InChI is InChI=1S/C16H27N3O/c1-13(2)19(15-7-5-4-6-8-15)16(20)10-9-14-11-12-17-18(14)3/h11-13,15H,4-10H2,1-3H3. The first-order chi connectivity index (χ1) is 9.59. The number of aromatic nitrogens is 2. The van der Waals surface area contributed by atoms with E-state index in [1.165, 1.54) is 32.1 Å². The van der Waals surface area contributed by atoms with Crippen molar-refractivity contribution in [3.05, 3.63) is 18.0 Å². The average molecular weight is 277 g/mol. The van der Waals surface area contributed by atoms with Crippen molar-refractivity contribution >= 4 is 5.91 Å². The predicted molar refractivity (Wildman–Crippen MR) is 80.4 cm³/mol. The molecule has 1 heterocycles. The molecule has 0 atom stereocenters. The van der Waals surface area contributed by atoms with Crippen molar-refractivity contribution < 1.29 is 4.79 Å². The van der Waals surface area contributed by atoms with Crippen LogP contribution in [0.1, 0.15) is 58.1 Å². The minimum Gasteiger partial charge on any atom is -0.337 e. The Morgan fingerprint density at radius 2 is 2.10 bits per heavy atom. The van der Waals surface area contributed by atoms with E-state index >= 15 is 0 Å². The smallest absolute Gasteiger partial charge is 0.223 e. The molecule has 112 valence electrons. The summed E-state index contributed by atoms with van der Waals surface area (Å²) >= 11 is 0. The SMILES string of the molecule is CC(C)N(C(=O)CCc1ccnn1C)C1CCCCC1. The third-order valence-corrected chi connectivity index (χ3v) is 4.33. The molecule has 1 aromatic heterocycles. The highest BCUT2D eigenvalue weighted by Crippen LogP contribution is 2.25. The van der Waals surface area contributed by atoms with Gasteiger partial charge in [0, 0.05) is 37.4 Å². The largest absolute Gasteiger partial charge is 0.337 e. The molecule has 2 rings (SSSR count). The van der Waals surface area contributed by atoms with Gasteiger partial charge in [-0.05, 0) is 39.2 Å². The number of carbonyl (C=O) groups is 1. The fourth-order valence-corrected chi connectivity index (χ4v) is 3.28. The Labute approximate surface area is 122 Å². The van der Waals surface area contributed by atoms with Gasteiger partial charge in [0.1, 0.15) is 0 Å². The molecule has 0 saturated heterocycles. The molecule has 1 fully saturated rings. The quantitative estimate of drug-likeness (QED) is 0.830. The fraction of sp³-hybridized carbons (Fsp3) is 0.750. The van der Waals surface area contributed by atoms with Gasteiger partial charge in [0.15, 0.2) is 0 Å². The highest BCUT2D eigenvalue weighted by atomic mass is 16.2. The van der Waals surface area contributed by atoms with Gasteiger partial charge in [-0.15, -0.1) is 0 Å². The Hall–Kier alpha value is -1.32. The van der Waals surface area contributed by atoms with Crippen LogP contribution in [0.3, 0.4) is 0 Å². The number of amides is 1. The summed E-state index contributed by atoms with van der Waals surface area (Å²) in [5.74, 6) is 0.299. The predicted octanol–water partition coefficient (Wildman–Crippen LogP) is 2.92. The lowest BCUT2D eigenvalue weighted by Gasteiger charge is -2.37. The third-order valence-electron chi connectivity index (χ3n) is 4.33. The van der Waals surface area contributed by atoms with Crippen LogP contribution in [-0.4, -0.2) is 32.7 Å². The van der Waals surface area contributed by atoms with Crippen LogP contribution in [0.15, 0.2) is 12.3 Å². The van der Waals surface area contributed by atoms with Crippen molar-refractivity contribution in [1.82, 2.24) is 14.7 Å². The summed E-state index contributed by atoms with van der Waals surface area (Å²) < 4.78 is 1.85. The first kappa shape index (κ1) is 15.1. The van der Waals surface area contributed by atoms with Crippen LogP contribution in [0.2, 0.25) is 0 Å². The third kappa shape index (κ3) is 3.62. The van der Waals surface area contributed by atoms with Crippen molar-refractivity contribution in [1.29, 1.82) is 0 Å². The summed E-state index contributed by atoms with van der Waals surface area (Å²) in [6.07, 6.45) is 9.38. The van der Waals surface area contributed by atoms with Crippen LogP contribution in [0.4, 0.5) is 0 Å². The molecule has 0 aromatic carbocycles. The molecule has 0 aliphatic heterocycles. The van der Waals surface area contributed by atoms with Crippen molar-refractivity contribution in [3.63, 3.8) is 0 Å². The molecule has 4 nitrogen and oxygen atoms in total. The normalized spacial score (nSPS) is 16.6. The van der Waals surface area contributed by atoms with Crippen molar-refractivity contribution in [3.8, 4) is 0 Å². The molecule has 1 aliphatic carbocycles. The lowest BCUT2D eigenvalue weighted by molar-refractivity contribution is -0.136. The number of aryl methyl sites for hydroxylation is 2. The molecule has 1 aromatic rings. The van der Waals surface area contributed by atoms with Crippen LogP contribution in [0, 0.1) is 0 Å². The molecule has 4 heteroatoms. The minimum absolute atomic E-state index is 0.299. The highest BCUT2D eigenvalue weighted by molar-refractivity contribution is 5.77. The lowest BCUT2D eigenvalue weighted by Crippen LogP contribution is -2.45. The molecule has 0 bridgehead atoms. The van der Waals surface area contributed by atoms with E-state index < -0.39 is 0 Å². The van der Waals surface area contributed by atoms with Gasteiger partial charge in [-0.25, -0.2) is 0 Å². The van der Waals surface area contributed by atoms with Crippen molar-refractivity contribution in [2.24, 2.45) is 7.05 Å². The molecule has 0 unspecified atom stereocenters. The second-order valence-electron chi connectivity index (χ2n) is 6.13. The molecular weight excluding hydrogens is 250 g/mol. The van der Waals surface area contributed by atoms with Crippen LogP contribution >= 0.6 is 0 Å². The van der Waals surface area contributed by atoms with Crippen LogP contribution in [0.5, 0.6) is 0 Å². The number of nitrogens with zero attached hydrogens (tertiary/aromatic N) is 3. The van der Waals surface area contributed by atoms with Gasteiger partial charge < -0.3 is 4.90 Å². The lowest BCUT2D eigenvalue weighted by atomic mass is 9.93. The molecule has 0 radical (unpaired) electrons. The van der Waals surface area contributed by atoms with Gasteiger partial charge >= 0.3 is 0 Å². The van der Waals surface area contributed by atoms with Gasteiger partial charge in [0.2, 0.25) is 5.91 Å². The summed E-state index contributed by atoms with van der Waals surface area (Å²) in [5.41, 5.74) is 1.13. The van der Waals surface area contributed by atoms with E-state index in [9.17, 15) is 4.79 Å². The van der Waals surface area contributed by atoms with Crippen LogP contribution < -0.4 is 0 Å². The van der Waals surface area contributed by atoms with E-state index in [-0.39, 0.29) is 0 Å². The molecular formula is C16H27N3O. The summed E-state index contributed by atoms with van der Waals surface area (Å²) in [5, 5.41) is 4.16. The fourth-order valence-electron chi connectivity index (χ4n) is 3.28. The molecule has 0 N–H and O–H groups in total. The maximum Gasteiger partial charge on any atom is 0.223 e. The van der Waals surface area contributed by atoms with E-state index in [4.69, 9.17) is 0 Å². The summed E-state index contributed by atoms with van der Waals surface area (Å²) in [6.45, 7) is 4.27. The Morgan fingerprint density at radius 1 is 1.40 bits per heavy atom. The Kier molecular flexibility index (Phi) is 5.21. The van der Waals surface area contributed by atoms with Gasteiger partial charge in [-0.2, -0.15) is 5.10 Å². The zero-order chi connectivity index (χ0) is 14.5. The van der Waals surface area contributed by atoms with Gasteiger partial charge in [0.25, 0.3) is 0 Å². The van der Waals surface area contributed by atoms with E-state index in [2.05, 4.69) is 23.8 Å². The van der Waals surface area contributed by atoms with Crippen LogP contribution in [0.25, 0.3) is 0 Å². The second-order valence-corrected chi connectivity index (χ2v) is 6.13. The zero-order valence-corrected chi connectivity index (χ0v) is 13.0. The van der Waals surface area contributed by atoms with Gasteiger partial charge in [-0.3, -0.25) is 9.48 Å². The topological polar surface area (TPSA) is 38.1 Å². The zero-order valence-electron chi connectivity index (χ0n) is 13.0. The maximum atomic E-state index is 12.6. The average Bonchev–Trinajstić information content (AvgIpc) is 2.83. The Bertz CT molecular complexity index is 433. The number of carbonyl (C=O) groups excluding carboxylic acids is 1. The van der Waals surface area contributed by atoms with E-state index in [0.29, 0.717) is 24.4 Å². The van der Waals surface area contributed by atoms with Crippen molar-refractivity contribution in [2.75, 3.05) is 0 Å². The first-order valence-electron chi connectivity index (χ1n) is 7.87. The summed E-state index contributed by atoms with van der Waals surface area (Å²) in [6, 6.07) is 2.76. The minimum atomic E-state index is 0.299. The van der Waals surface area contributed by atoms with Crippen LogP contribution in [-0.2, 0) is 18.3 Å². The molecule has 20 heavy (non-hydrogen) atoms.